The Morgan fingerprint density at radius 3 is 2.56 bits per heavy atom. The maximum atomic E-state index is 11.3. The van der Waals surface area contributed by atoms with Crippen molar-refractivity contribution in [2.75, 3.05) is 7.11 Å². The van der Waals surface area contributed by atoms with Crippen molar-refractivity contribution < 1.29 is 17.9 Å². The van der Waals surface area contributed by atoms with Gasteiger partial charge in [0, 0.05) is 0 Å². The number of methoxy groups -OCH3 is 1. The van der Waals surface area contributed by atoms with Gasteiger partial charge in [-0.3, -0.25) is 0 Å². The predicted molar refractivity (Wildman–Crippen MR) is 58.0 cm³/mol. The molecule has 1 aromatic carbocycles. The molecular formula is C10H13NO4S. The Morgan fingerprint density at radius 2 is 2.06 bits per heavy atom. The minimum atomic E-state index is -3.79. The van der Waals surface area contributed by atoms with Crippen LogP contribution < -0.4 is 14.6 Å². The van der Waals surface area contributed by atoms with Gasteiger partial charge >= 0.3 is 0 Å². The molecule has 2 N–H and O–H groups in total. The van der Waals surface area contributed by atoms with Crippen LogP contribution in [-0.4, -0.2) is 21.6 Å². The molecule has 16 heavy (non-hydrogen) atoms. The number of nitrogens with two attached hydrogens (primary N) is 1. The number of sulfonamides is 1. The van der Waals surface area contributed by atoms with Gasteiger partial charge in [-0.25, -0.2) is 13.6 Å². The smallest absolute Gasteiger partial charge is 0.241 e. The van der Waals surface area contributed by atoms with Crippen LogP contribution in [0.4, 0.5) is 0 Å². The second-order valence-corrected chi connectivity index (χ2v) is 5.18. The summed E-state index contributed by atoms with van der Waals surface area (Å²) in [6, 6.07) is 4.65. The van der Waals surface area contributed by atoms with Gasteiger partial charge in [-0.2, -0.15) is 0 Å². The third kappa shape index (κ3) is 2.28. The van der Waals surface area contributed by atoms with Crippen LogP contribution in [0.25, 0.3) is 0 Å². The fraction of sp³-hybridized carbons (Fsp3) is 0.400. The average Bonchev–Trinajstić information content (AvgIpc) is 3.00. The molecule has 0 unspecified atom stereocenters. The van der Waals surface area contributed by atoms with E-state index in [1.807, 2.05) is 0 Å². The van der Waals surface area contributed by atoms with Crippen molar-refractivity contribution in [1.82, 2.24) is 0 Å². The number of hydrogen-bond donors (Lipinski definition) is 1. The summed E-state index contributed by atoms with van der Waals surface area (Å²) < 4.78 is 33.2. The van der Waals surface area contributed by atoms with Crippen LogP contribution in [0.1, 0.15) is 12.8 Å². The van der Waals surface area contributed by atoms with Crippen LogP contribution in [0, 0.1) is 0 Å². The SMILES string of the molecule is COc1c(OC2CC2)cccc1S(N)(=O)=O. The lowest BCUT2D eigenvalue weighted by molar-refractivity contribution is 0.279. The van der Waals surface area contributed by atoms with E-state index in [4.69, 9.17) is 14.6 Å². The Balaban J connectivity index is 2.45. The maximum absolute atomic E-state index is 11.3. The lowest BCUT2D eigenvalue weighted by atomic mass is 10.3. The summed E-state index contributed by atoms with van der Waals surface area (Å²) in [6.07, 6.45) is 2.15. The van der Waals surface area contributed by atoms with E-state index in [2.05, 4.69) is 0 Å². The third-order valence-corrected chi connectivity index (χ3v) is 3.21. The molecule has 1 saturated carbocycles. The molecule has 88 valence electrons. The van der Waals surface area contributed by atoms with Crippen LogP contribution in [-0.2, 0) is 10.0 Å². The predicted octanol–water partition coefficient (Wildman–Crippen LogP) is 0.884. The topological polar surface area (TPSA) is 78.6 Å². The van der Waals surface area contributed by atoms with Crippen LogP contribution in [0.5, 0.6) is 11.5 Å². The molecule has 5 nitrogen and oxygen atoms in total. The number of rotatable bonds is 4. The van der Waals surface area contributed by atoms with Gasteiger partial charge in [0.2, 0.25) is 10.0 Å². The van der Waals surface area contributed by atoms with Gasteiger partial charge in [-0.05, 0) is 25.0 Å². The van der Waals surface area contributed by atoms with Gasteiger partial charge < -0.3 is 9.47 Å². The highest BCUT2D eigenvalue weighted by Crippen LogP contribution is 2.37. The zero-order valence-electron chi connectivity index (χ0n) is 8.84. The van der Waals surface area contributed by atoms with Gasteiger partial charge in [0.15, 0.2) is 11.5 Å². The van der Waals surface area contributed by atoms with Gasteiger partial charge in [0.05, 0.1) is 13.2 Å². The number of ether oxygens (including phenoxy) is 2. The Kier molecular flexibility index (Phi) is 2.77. The molecule has 0 aromatic heterocycles. The molecule has 1 aromatic rings. The van der Waals surface area contributed by atoms with Crippen molar-refractivity contribution in [3.05, 3.63) is 18.2 Å². The molecule has 1 aliphatic carbocycles. The third-order valence-electron chi connectivity index (χ3n) is 2.27. The fourth-order valence-electron chi connectivity index (χ4n) is 1.38. The molecule has 0 spiro atoms. The normalized spacial score (nSPS) is 15.9. The first kappa shape index (κ1) is 11.2. The first-order valence-electron chi connectivity index (χ1n) is 4.89. The molecule has 0 heterocycles. The number of primary sulfonamides is 1. The first-order chi connectivity index (χ1) is 7.52. The van der Waals surface area contributed by atoms with Crippen molar-refractivity contribution in [2.45, 2.75) is 23.8 Å². The Hall–Kier alpha value is -1.27. The molecule has 0 atom stereocenters. The van der Waals surface area contributed by atoms with E-state index in [-0.39, 0.29) is 16.7 Å². The van der Waals surface area contributed by atoms with E-state index < -0.39 is 10.0 Å². The van der Waals surface area contributed by atoms with E-state index in [1.54, 1.807) is 12.1 Å². The van der Waals surface area contributed by atoms with Gasteiger partial charge in [0.25, 0.3) is 0 Å². The fourth-order valence-corrected chi connectivity index (χ4v) is 2.09. The highest BCUT2D eigenvalue weighted by molar-refractivity contribution is 7.89. The summed E-state index contributed by atoms with van der Waals surface area (Å²) in [5.74, 6) is 0.605. The first-order valence-corrected chi connectivity index (χ1v) is 6.43. The van der Waals surface area contributed by atoms with Gasteiger partial charge in [-0.15, -0.1) is 0 Å². The molecule has 0 aliphatic heterocycles. The molecule has 0 radical (unpaired) electrons. The second kappa shape index (κ2) is 3.95. The molecule has 1 fully saturated rings. The van der Waals surface area contributed by atoms with Gasteiger partial charge in [0.1, 0.15) is 4.90 Å². The monoisotopic (exact) mass is 243 g/mol. The lowest BCUT2D eigenvalue weighted by Crippen LogP contribution is -2.14. The summed E-state index contributed by atoms with van der Waals surface area (Å²) in [5, 5.41) is 5.09. The molecule has 0 bridgehead atoms. The van der Waals surface area contributed by atoms with Crippen molar-refractivity contribution in [3.8, 4) is 11.5 Å². The van der Waals surface area contributed by atoms with E-state index in [0.29, 0.717) is 5.75 Å². The van der Waals surface area contributed by atoms with Crippen LogP contribution in [0.15, 0.2) is 23.1 Å². The average molecular weight is 243 g/mol. The van der Waals surface area contributed by atoms with Crippen LogP contribution in [0.3, 0.4) is 0 Å². The highest BCUT2D eigenvalue weighted by atomic mass is 32.2. The summed E-state index contributed by atoms with van der Waals surface area (Å²) in [5.41, 5.74) is 0. The van der Waals surface area contributed by atoms with Gasteiger partial charge in [-0.1, -0.05) is 6.07 Å². The van der Waals surface area contributed by atoms with Crippen molar-refractivity contribution >= 4 is 10.0 Å². The summed E-state index contributed by atoms with van der Waals surface area (Å²) in [4.78, 5) is -0.0480. The Labute approximate surface area is 94.2 Å². The molecule has 0 amide bonds. The van der Waals surface area contributed by atoms with E-state index in [1.165, 1.54) is 13.2 Å². The molecule has 0 saturated heterocycles. The Morgan fingerprint density at radius 1 is 1.38 bits per heavy atom. The van der Waals surface area contributed by atoms with Crippen molar-refractivity contribution in [2.24, 2.45) is 5.14 Å². The lowest BCUT2D eigenvalue weighted by Gasteiger charge is -2.12. The van der Waals surface area contributed by atoms with Crippen molar-refractivity contribution in [1.29, 1.82) is 0 Å². The zero-order valence-corrected chi connectivity index (χ0v) is 9.66. The molecule has 2 rings (SSSR count). The standard InChI is InChI=1S/C10H13NO4S/c1-14-10-8(15-7-5-6-7)3-2-4-9(10)16(11,12)13/h2-4,7H,5-6H2,1H3,(H2,11,12,13). The molecular weight excluding hydrogens is 230 g/mol. The number of hydrogen-bond acceptors (Lipinski definition) is 4. The van der Waals surface area contributed by atoms with E-state index in [0.717, 1.165) is 12.8 Å². The van der Waals surface area contributed by atoms with E-state index in [9.17, 15) is 8.42 Å². The van der Waals surface area contributed by atoms with Crippen LogP contribution in [0.2, 0.25) is 0 Å². The second-order valence-electron chi connectivity index (χ2n) is 3.65. The minimum absolute atomic E-state index is 0.0480. The zero-order chi connectivity index (χ0) is 11.8. The summed E-state index contributed by atoms with van der Waals surface area (Å²) >= 11 is 0. The molecule has 6 heteroatoms. The molecule has 1 aliphatic rings. The largest absolute Gasteiger partial charge is 0.492 e. The van der Waals surface area contributed by atoms with E-state index >= 15 is 0 Å². The minimum Gasteiger partial charge on any atom is -0.492 e. The number of benzene rings is 1. The van der Waals surface area contributed by atoms with Crippen molar-refractivity contribution in [3.63, 3.8) is 0 Å². The highest BCUT2D eigenvalue weighted by Gasteiger charge is 2.27. The summed E-state index contributed by atoms with van der Waals surface area (Å²) in [6.45, 7) is 0. The quantitative estimate of drug-likeness (QED) is 0.851. The Bertz CT molecular complexity index is 494. The van der Waals surface area contributed by atoms with Crippen LogP contribution >= 0.6 is 0 Å². The maximum Gasteiger partial charge on any atom is 0.241 e. The summed E-state index contributed by atoms with van der Waals surface area (Å²) in [7, 11) is -2.40. The number of para-hydroxylation sites is 1.